The van der Waals surface area contributed by atoms with Crippen LogP contribution in [0, 0.1) is 0 Å². The fourth-order valence-corrected chi connectivity index (χ4v) is 3.09. The molecule has 2 aromatic rings. The third-order valence-electron chi connectivity index (χ3n) is 3.09. The van der Waals surface area contributed by atoms with Crippen LogP contribution >= 0.6 is 31.9 Å². The molecule has 0 spiro atoms. The van der Waals surface area contributed by atoms with Crippen LogP contribution in [0.3, 0.4) is 0 Å². The van der Waals surface area contributed by atoms with E-state index in [2.05, 4.69) is 57.0 Å². The van der Waals surface area contributed by atoms with Gasteiger partial charge in [-0.3, -0.25) is 0 Å². The highest BCUT2D eigenvalue weighted by molar-refractivity contribution is 9.10. The Kier molecular flexibility index (Phi) is 6.12. The van der Waals surface area contributed by atoms with E-state index >= 15 is 0 Å². The number of hydrogen-bond donors (Lipinski definition) is 0. The summed E-state index contributed by atoms with van der Waals surface area (Å²) in [4.78, 5) is 0.0510. The summed E-state index contributed by atoms with van der Waals surface area (Å²) in [6.07, 6.45) is 1.00. The fraction of sp³-hybridized carbons (Fsp3) is 0.294. The van der Waals surface area contributed by atoms with Gasteiger partial charge in [0, 0.05) is 10.0 Å². The van der Waals surface area contributed by atoms with Crippen LogP contribution in [0.15, 0.2) is 46.9 Å². The predicted octanol–water partition coefficient (Wildman–Crippen LogP) is 5.73. The Morgan fingerprint density at radius 1 is 1.14 bits per heavy atom. The van der Waals surface area contributed by atoms with Crippen molar-refractivity contribution in [2.24, 2.45) is 0 Å². The van der Waals surface area contributed by atoms with Crippen molar-refractivity contribution in [3.05, 3.63) is 58.1 Å². The average Bonchev–Trinajstić information content (AvgIpc) is 2.52. The number of alkyl halides is 1. The van der Waals surface area contributed by atoms with E-state index in [9.17, 15) is 0 Å². The minimum absolute atomic E-state index is 0.0510. The first-order valence-corrected chi connectivity index (χ1v) is 8.56. The number of halogens is 2. The van der Waals surface area contributed by atoms with Crippen molar-refractivity contribution in [2.75, 3.05) is 13.7 Å². The Morgan fingerprint density at radius 2 is 1.95 bits per heavy atom. The van der Waals surface area contributed by atoms with E-state index in [1.807, 2.05) is 24.3 Å². The van der Waals surface area contributed by atoms with Crippen molar-refractivity contribution in [1.29, 1.82) is 0 Å². The Morgan fingerprint density at radius 3 is 2.67 bits per heavy atom. The minimum atomic E-state index is 0.0510. The molecule has 0 saturated heterocycles. The molecule has 0 heterocycles. The lowest BCUT2D eigenvalue weighted by molar-refractivity contribution is 0.317. The predicted molar refractivity (Wildman–Crippen MR) is 93.7 cm³/mol. The third kappa shape index (κ3) is 4.24. The van der Waals surface area contributed by atoms with Crippen molar-refractivity contribution < 1.29 is 9.47 Å². The van der Waals surface area contributed by atoms with E-state index in [4.69, 9.17) is 9.47 Å². The highest BCUT2D eigenvalue weighted by Crippen LogP contribution is 2.38. The summed E-state index contributed by atoms with van der Waals surface area (Å²) in [6, 6.07) is 14.1. The quantitative estimate of drug-likeness (QED) is 0.563. The summed E-state index contributed by atoms with van der Waals surface area (Å²) < 4.78 is 12.2. The molecule has 0 aromatic heterocycles. The monoisotopic (exact) mass is 412 g/mol. The molecule has 4 heteroatoms. The SMILES string of the molecule is CCCOc1cccc(C(Br)c2cc(Br)ccc2OC)c1. The van der Waals surface area contributed by atoms with Crippen LogP contribution in [-0.2, 0) is 0 Å². The Hall–Kier alpha value is -1.00. The van der Waals surface area contributed by atoms with Crippen LogP contribution in [-0.4, -0.2) is 13.7 Å². The van der Waals surface area contributed by atoms with E-state index in [0.29, 0.717) is 0 Å². The molecule has 2 rings (SSSR count). The Balaban J connectivity index is 2.31. The van der Waals surface area contributed by atoms with Crippen molar-refractivity contribution >= 4 is 31.9 Å². The molecule has 1 atom stereocenters. The van der Waals surface area contributed by atoms with E-state index in [-0.39, 0.29) is 4.83 Å². The van der Waals surface area contributed by atoms with Crippen molar-refractivity contribution in [3.63, 3.8) is 0 Å². The van der Waals surface area contributed by atoms with Gasteiger partial charge >= 0.3 is 0 Å². The van der Waals surface area contributed by atoms with Gasteiger partial charge in [-0.15, -0.1) is 0 Å². The van der Waals surface area contributed by atoms with E-state index in [1.54, 1.807) is 7.11 Å². The van der Waals surface area contributed by atoms with Gasteiger partial charge < -0.3 is 9.47 Å². The number of benzene rings is 2. The molecule has 2 aromatic carbocycles. The summed E-state index contributed by atoms with van der Waals surface area (Å²) in [5.41, 5.74) is 2.22. The molecule has 0 saturated carbocycles. The molecule has 1 unspecified atom stereocenters. The first-order valence-electron chi connectivity index (χ1n) is 6.86. The van der Waals surface area contributed by atoms with Gasteiger partial charge in [0.25, 0.3) is 0 Å². The van der Waals surface area contributed by atoms with Crippen molar-refractivity contribution in [3.8, 4) is 11.5 Å². The van der Waals surface area contributed by atoms with E-state index < -0.39 is 0 Å². The zero-order valence-corrected chi connectivity index (χ0v) is 15.3. The summed E-state index contributed by atoms with van der Waals surface area (Å²) in [5, 5.41) is 0. The number of hydrogen-bond acceptors (Lipinski definition) is 2. The maximum atomic E-state index is 5.70. The maximum absolute atomic E-state index is 5.70. The lowest BCUT2D eigenvalue weighted by Crippen LogP contribution is -1.99. The number of rotatable bonds is 6. The van der Waals surface area contributed by atoms with Gasteiger partial charge in [0.15, 0.2) is 0 Å². The summed E-state index contributed by atoms with van der Waals surface area (Å²) in [7, 11) is 1.69. The van der Waals surface area contributed by atoms with Crippen molar-refractivity contribution in [1.82, 2.24) is 0 Å². The molecule has 0 aliphatic heterocycles. The third-order valence-corrected chi connectivity index (χ3v) is 4.60. The Labute approximate surface area is 142 Å². The maximum Gasteiger partial charge on any atom is 0.123 e. The molecule has 0 N–H and O–H groups in total. The largest absolute Gasteiger partial charge is 0.496 e. The standard InChI is InChI=1S/C17H18Br2O2/c1-3-9-21-14-6-4-5-12(10-14)17(19)15-11-13(18)7-8-16(15)20-2/h4-8,10-11,17H,3,9H2,1-2H3. The molecule has 0 amide bonds. The van der Waals surface area contributed by atoms with Gasteiger partial charge in [0.05, 0.1) is 18.5 Å². The molecule has 2 nitrogen and oxygen atoms in total. The summed E-state index contributed by atoms with van der Waals surface area (Å²) in [6.45, 7) is 2.83. The van der Waals surface area contributed by atoms with Crippen LogP contribution in [0.25, 0.3) is 0 Å². The molecule has 0 fully saturated rings. The lowest BCUT2D eigenvalue weighted by atomic mass is 10.0. The van der Waals surface area contributed by atoms with Gasteiger partial charge in [0.1, 0.15) is 11.5 Å². The smallest absolute Gasteiger partial charge is 0.123 e. The van der Waals surface area contributed by atoms with Gasteiger partial charge in [0.2, 0.25) is 0 Å². The summed E-state index contributed by atoms with van der Waals surface area (Å²) >= 11 is 7.28. The summed E-state index contributed by atoms with van der Waals surface area (Å²) in [5.74, 6) is 1.76. The first kappa shape index (κ1) is 16.4. The molecule has 0 aliphatic carbocycles. The number of methoxy groups -OCH3 is 1. The lowest BCUT2D eigenvalue weighted by Gasteiger charge is -2.16. The zero-order valence-electron chi connectivity index (χ0n) is 12.1. The second-order valence-electron chi connectivity index (χ2n) is 4.67. The minimum Gasteiger partial charge on any atom is -0.496 e. The normalized spacial score (nSPS) is 12.0. The molecular weight excluding hydrogens is 396 g/mol. The van der Waals surface area contributed by atoms with Crippen LogP contribution in [0.4, 0.5) is 0 Å². The number of ether oxygens (including phenoxy) is 2. The van der Waals surface area contributed by atoms with E-state index in [1.165, 1.54) is 0 Å². The second-order valence-corrected chi connectivity index (χ2v) is 6.50. The van der Waals surface area contributed by atoms with Crippen LogP contribution in [0.2, 0.25) is 0 Å². The van der Waals surface area contributed by atoms with Crippen LogP contribution in [0.1, 0.15) is 29.3 Å². The Bertz CT molecular complexity index is 599. The topological polar surface area (TPSA) is 18.5 Å². The highest BCUT2D eigenvalue weighted by atomic mass is 79.9. The molecule has 21 heavy (non-hydrogen) atoms. The van der Waals surface area contributed by atoms with E-state index in [0.717, 1.165) is 40.1 Å². The van der Waals surface area contributed by atoms with Crippen molar-refractivity contribution in [2.45, 2.75) is 18.2 Å². The van der Waals surface area contributed by atoms with Crippen LogP contribution in [0.5, 0.6) is 11.5 Å². The molecular formula is C17H18Br2O2. The van der Waals surface area contributed by atoms with Gasteiger partial charge in [-0.05, 0) is 42.3 Å². The second kappa shape index (κ2) is 7.85. The molecule has 0 radical (unpaired) electrons. The van der Waals surface area contributed by atoms with Crippen LogP contribution < -0.4 is 9.47 Å². The first-order chi connectivity index (χ1) is 10.2. The van der Waals surface area contributed by atoms with Gasteiger partial charge in [-0.2, -0.15) is 0 Å². The molecule has 112 valence electrons. The van der Waals surface area contributed by atoms with Gasteiger partial charge in [-0.25, -0.2) is 0 Å². The van der Waals surface area contributed by atoms with Gasteiger partial charge in [-0.1, -0.05) is 50.9 Å². The zero-order chi connectivity index (χ0) is 15.2. The molecule has 0 aliphatic rings. The fourth-order valence-electron chi connectivity index (χ4n) is 2.06. The molecule has 0 bridgehead atoms. The average molecular weight is 414 g/mol. The highest BCUT2D eigenvalue weighted by Gasteiger charge is 2.16.